The van der Waals surface area contributed by atoms with Crippen molar-refractivity contribution in [3.63, 3.8) is 0 Å². The van der Waals surface area contributed by atoms with Gasteiger partial charge in [0.15, 0.2) is 19.7 Å². The molecule has 1 N–H and O–H groups in total. The van der Waals surface area contributed by atoms with Gasteiger partial charge in [0, 0.05) is 6.26 Å². The summed E-state index contributed by atoms with van der Waals surface area (Å²) in [5, 5.41) is 6.20. The van der Waals surface area contributed by atoms with Gasteiger partial charge in [-0.1, -0.05) is 58.8 Å². The van der Waals surface area contributed by atoms with Crippen LogP contribution in [0.5, 0.6) is 5.75 Å². The fraction of sp³-hybridized carbons (Fsp3) is 0.556. The topological polar surface area (TPSA) is 175 Å². The number of amides is 2. The average Bonchev–Trinajstić information content (AvgIpc) is 3.49. The Bertz CT molecular complexity index is 2050. The first-order valence-electron chi connectivity index (χ1n) is 17.4. The second kappa shape index (κ2) is 14.8. The van der Waals surface area contributed by atoms with Crippen LogP contribution < -0.4 is 14.6 Å². The van der Waals surface area contributed by atoms with E-state index < -0.39 is 72.8 Å². The summed E-state index contributed by atoms with van der Waals surface area (Å²) >= 11 is 0. The molecule has 0 radical (unpaired) electrons. The second-order valence-electron chi connectivity index (χ2n) is 16.0. The predicted molar refractivity (Wildman–Crippen MR) is 202 cm³/mol. The highest BCUT2D eigenvalue weighted by Crippen LogP contribution is 2.43. The maximum absolute atomic E-state index is 15.9. The fourth-order valence-corrected chi connectivity index (χ4v) is 14.0. The van der Waals surface area contributed by atoms with Crippen LogP contribution in [0.25, 0.3) is 11.4 Å². The number of nitrogens with zero attached hydrogens (tertiary/aromatic N) is 3. The van der Waals surface area contributed by atoms with Gasteiger partial charge in [0.1, 0.15) is 28.0 Å². The summed E-state index contributed by atoms with van der Waals surface area (Å²) in [4.78, 5) is 32.0. The zero-order valence-corrected chi connectivity index (χ0v) is 35.0. The lowest BCUT2D eigenvalue weighted by Gasteiger charge is -2.42. The standard InChI is InChI=1S/C36H51FN4O9S2Si/c1-21(2)53(22(3)4,23(5)6)50-25-15-13-24(14-16-25)19-41-29-17-26(31-39-33(49-40-31)36(10,11)51(12,44)45)27(37)18-30(29)52(46,47)20-28(32(41)42)38-34(43)48-35(7,8)9/h13-18,21-23,28H,19-20H2,1-12H3,(H,38,43)/t28-/m0/s1. The molecule has 2 heterocycles. The number of hydrogen-bond acceptors (Lipinski definition) is 11. The van der Waals surface area contributed by atoms with Gasteiger partial charge in [-0.25, -0.2) is 26.0 Å². The van der Waals surface area contributed by atoms with Crippen molar-refractivity contribution in [3.8, 4) is 17.1 Å². The summed E-state index contributed by atoms with van der Waals surface area (Å²) < 4.78 is 84.1. The summed E-state index contributed by atoms with van der Waals surface area (Å²) in [6.45, 7) is 20.5. The molecule has 0 spiro atoms. The summed E-state index contributed by atoms with van der Waals surface area (Å²) in [5.41, 5.74) is 0.0829. The number of ether oxygens (including phenoxy) is 1. The number of carbonyl (C=O) groups is 2. The van der Waals surface area contributed by atoms with E-state index >= 15 is 4.39 Å². The van der Waals surface area contributed by atoms with Crippen molar-refractivity contribution in [1.29, 1.82) is 0 Å². The molecule has 1 aliphatic rings. The summed E-state index contributed by atoms with van der Waals surface area (Å²) in [6, 6.07) is 7.42. The summed E-state index contributed by atoms with van der Waals surface area (Å²) in [7, 11) is -10.5. The third-order valence-corrected chi connectivity index (χ3v) is 19.5. The molecule has 1 aromatic heterocycles. The largest absolute Gasteiger partial charge is 0.543 e. The Hall–Kier alpha value is -3.83. The summed E-state index contributed by atoms with van der Waals surface area (Å²) in [5.74, 6) is -2.73. The number of hydrogen-bond donors (Lipinski definition) is 1. The van der Waals surface area contributed by atoms with Crippen molar-refractivity contribution in [3.05, 3.63) is 53.7 Å². The molecule has 3 aromatic rings. The number of halogens is 1. The highest BCUT2D eigenvalue weighted by atomic mass is 32.2. The molecule has 0 aliphatic carbocycles. The van der Waals surface area contributed by atoms with Gasteiger partial charge < -0.3 is 23.9 Å². The second-order valence-corrected chi connectivity index (χ2v) is 25.9. The zero-order valence-electron chi connectivity index (χ0n) is 32.4. The Kier molecular flexibility index (Phi) is 11.7. The van der Waals surface area contributed by atoms with Crippen molar-refractivity contribution < 1.29 is 44.5 Å². The van der Waals surface area contributed by atoms with E-state index in [-0.39, 0.29) is 29.5 Å². The lowest BCUT2D eigenvalue weighted by molar-refractivity contribution is -0.120. The molecule has 0 saturated heterocycles. The number of fused-ring (bicyclic) bond motifs is 1. The van der Waals surface area contributed by atoms with E-state index in [1.807, 2.05) is 0 Å². The Balaban J connectivity index is 1.84. The van der Waals surface area contributed by atoms with Crippen molar-refractivity contribution in [1.82, 2.24) is 15.5 Å². The Morgan fingerprint density at radius 1 is 1.04 bits per heavy atom. The molecule has 13 nitrogen and oxygen atoms in total. The number of sulfone groups is 2. The van der Waals surface area contributed by atoms with Gasteiger partial charge in [0.25, 0.3) is 14.2 Å². The first-order valence-corrected chi connectivity index (χ1v) is 23.1. The van der Waals surface area contributed by atoms with Crippen LogP contribution in [0, 0.1) is 5.82 Å². The van der Waals surface area contributed by atoms with Gasteiger partial charge in [-0.05, 0) is 81.1 Å². The van der Waals surface area contributed by atoms with Crippen LogP contribution in [-0.2, 0) is 40.5 Å². The monoisotopic (exact) mass is 794 g/mol. The smallest absolute Gasteiger partial charge is 0.408 e. The molecule has 0 fully saturated rings. The molecule has 53 heavy (non-hydrogen) atoms. The minimum Gasteiger partial charge on any atom is -0.543 e. The van der Waals surface area contributed by atoms with E-state index in [4.69, 9.17) is 13.7 Å². The molecular weight excluding hydrogens is 744 g/mol. The molecular formula is C36H51FN4O9S2Si. The van der Waals surface area contributed by atoms with E-state index in [9.17, 15) is 26.4 Å². The fourth-order valence-electron chi connectivity index (χ4n) is 6.72. The molecule has 2 aromatic carbocycles. The lowest BCUT2D eigenvalue weighted by Crippen LogP contribution is -2.51. The molecule has 0 unspecified atom stereocenters. The van der Waals surface area contributed by atoms with Crippen molar-refractivity contribution in [2.45, 2.75) is 121 Å². The van der Waals surface area contributed by atoms with Gasteiger partial charge in [-0.2, -0.15) is 4.98 Å². The third kappa shape index (κ3) is 8.61. The quantitative estimate of drug-likeness (QED) is 0.200. The minimum absolute atomic E-state index is 0.182. The number of alkyl carbamates (subject to hydrolysis) is 1. The first kappa shape index (κ1) is 41.9. The molecule has 17 heteroatoms. The molecule has 1 atom stereocenters. The van der Waals surface area contributed by atoms with Gasteiger partial charge >= 0.3 is 6.09 Å². The van der Waals surface area contributed by atoms with Crippen molar-refractivity contribution >= 4 is 45.7 Å². The number of aromatic nitrogens is 2. The van der Waals surface area contributed by atoms with Crippen LogP contribution in [0.3, 0.4) is 0 Å². The normalized spacial score (nSPS) is 16.9. The van der Waals surface area contributed by atoms with Crippen LogP contribution in [0.4, 0.5) is 14.9 Å². The highest BCUT2D eigenvalue weighted by Gasteiger charge is 2.47. The van der Waals surface area contributed by atoms with Crippen LogP contribution in [0.2, 0.25) is 16.6 Å². The van der Waals surface area contributed by atoms with Gasteiger partial charge in [0.2, 0.25) is 11.7 Å². The molecule has 2 amide bonds. The summed E-state index contributed by atoms with van der Waals surface area (Å²) in [6.07, 6.45) is -0.0162. The number of benzene rings is 2. The number of nitrogens with one attached hydrogen (secondary N) is 1. The number of anilines is 1. The number of carbonyl (C=O) groups excluding carboxylic acids is 2. The maximum Gasteiger partial charge on any atom is 0.408 e. The Morgan fingerprint density at radius 3 is 2.11 bits per heavy atom. The minimum atomic E-state index is -4.42. The molecule has 0 bridgehead atoms. The molecule has 0 saturated carbocycles. The van der Waals surface area contributed by atoms with E-state index in [0.717, 1.165) is 23.3 Å². The third-order valence-electron chi connectivity index (χ3n) is 9.69. The van der Waals surface area contributed by atoms with E-state index in [1.165, 1.54) is 13.8 Å². The van der Waals surface area contributed by atoms with Crippen LogP contribution in [-0.4, -0.2) is 70.9 Å². The van der Waals surface area contributed by atoms with Gasteiger partial charge in [-0.3, -0.25) is 4.79 Å². The SMILES string of the molecule is CC(C)[Si](Oc1ccc(CN2C(=O)[C@@H](NC(=O)OC(C)(C)C)CS(=O)(=O)c3cc(F)c(-c4noc(C(C)(C)S(C)(=O)=O)n4)cc32)cc1)(C(C)C)C(C)C. The van der Waals surface area contributed by atoms with Crippen LogP contribution in [0.15, 0.2) is 45.8 Å². The predicted octanol–water partition coefficient (Wildman–Crippen LogP) is 6.92. The van der Waals surface area contributed by atoms with Gasteiger partial charge in [-0.15, -0.1) is 0 Å². The molecule has 4 rings (SSSR count). The van der Waals surface area contributed by atoms with Crippen molar-refractivity contribution in [2.75, 3.05) is 16.9 Å². The molecule has 292 valence electrons. The number of rotatable bonds is 11. The molecule has 1 aliphatic heterocycles. The first-order chi connectivity index (χ1) is 24.2. The zero-order chi connectivity index (χ0) is 40.1. The highest BCUT2D eigenvalue weighted by molar-refractivity contribution is 7.92. The van der Waals surface area contributed by atoms with E-state index in [2.05, 4.69) is 57.0 Å². The average molecular weight is 795 g/mol. The van der Waals surface area contributed by atoms with E-state index in [1.54, 1.807) is 45.0 Å². The van der Waals surface area contributed by atoms with E-state index in [0.29, 0.717) is 27.9 Å². The van der Waals surface area contributed by atoms with Crippen molar-refractivity contribution in [2.24, 2.45) is 0 Å². The lowest BCUT2D eigenvalue weighted by atomic mass is 10.1. The maximum atomic E-state index is 15.9. The Labute approximate surface area is 313 Å². The van der Waals surface area contributed by atoms with Crippen LogP contribution >= 0.6 is 0 Å². The van der Waals surface area contributed by atoms with Gasteiger partial charge in [0.05, 0.1) is 28.4 Å². The van der Waals surface area contributed by atoms with Crippen LogP contribution in [0.1, 0.15) is 87.6 Å². The Morgan fingerprint density at radius 2 is 1.60 bits per heavy atom.